The van der Waals surface area contributed by atoms with Gasteiger partial charge in [-0.25, -0.2) is 0 Å². The van der Waals surface area contributed by atoms with Crippen molar-refractivity contribution in [1.82, 2.24) is 20.0 Å². The largest absolute Gasteiger partial charge is 0.357 e. The average Bonchev–Trinajstić information content (AvgIpc) is 3.12. The Bertz CT molecular complexity index is 503. The Morgan fingerprint density at radius 2 is 2.41 bits per heavy atom. The first kappa shape index (κ1) is 16.6. The lowest BCUT2D eigenvalue weighted by molar-refractivity contribution is 0.460. The molecule has 1 saturated heterocycles. The van der Waals surface area contributed by atoms with Crippen LogP contribution in [0, 0.1) is 5.92 Å². The first-order valence-corrected chi connectivity index (χ1v) is 8.34. The van der Waals surface area contributed by atoms with Crippen molar-refractivity contribution in [1.29, 1.82) is 0 Å². The molecule has 5 nitrogen and oxygen atoms in total. The minimum absolute atomic E-state index is 0.698. The second-order valence-electron chi connectivity index (χ2n) is 5.92. The van der Waals surface area contributed by atoms with Crippen molar-refractivity contribution in [2.45, 2.75) is 33.1 Å². The van der Waals surface area contributed by atoms with Crippen LogP contribution in [0.15, 0.2) is 29.5 Å². The van der Waals surface area contributed by atoms with E-state index in [2.05, 4.69) is 47.5 Å². The fraction of sp³-hybridized carbons (Fsp3) is 0.647. The highest BCUT2D eigenvalue weighted by Gasteiger charge is 2.25. The minimum Gasteiger partial charge on any atom is -0.357 e. The molecule has 2 rings (SSSR count). The molecule has 122 valence electrons. The van der Waals surface area contributed by atoms with Gasteiger partial charge >= 0.3 is 0 Å². The molecule has 0 aromatic carbocycles. The maximum absolute atomic E-state index is 4.74. The van der Waals surface area contributed by atoms with Crippen molar-refractivity contribution >= 4 is 5.96 Å². The smallest absolute Gasteiger partial charge is 0.193 e. The van der Waals surface area contributed by atoms with E-state index in [0.717, 1.165) is 45.0 Å². The monoisotopic (exact) mass is 303 g/mol. The number of guanidine groups is 1. The van der Waals surface area contributed by atoms with Crippen LogP contribution in [0.25, 0.3) is 0 Å². The molecule has 5 heteroatoms. The summed E-state index contributed by atoms with van der Waals surface area (Å²) in [6.45, 7) is 8.15. The molecular weight excluding hydrogens is 274 g/mol. The third-order valence-electron chi connectivity index (χ3n) is 4.00. The highest BCUT2D eigenvalue weighted by atomic mass is 15.3. The third-order valence-corrected chi connectivity index (χ3v) is 4.00. The molecular formula is C17H29N5. The SMILES string of the molecule is CC=CCCN=C(NCC)N1CCC(Cc2cnn(C)c2)C1. The summed E-state index contributed by atoms with van der Waals surface area (Å²) in [6.07, 6.45) is 11.7. The molecule has 0 amide bonds. The fourth-order valence-corrected chi connectivity index (χ4v) is 2.94. The molecule has 1 aromatic heterocycles. The molecule has 0 spiro atoms. The van der Waals surface area contributed by atoms with Gasteiger partial charge < -0.3 is 10.2 Å². The first-order valence-electron chi connectivity index (χ1n) is 8.34. The van der Waals surface area contributed by atoms with Gasteiger partial charge in [0.2, 0.25) is 0 Å². The van der Waals surface area contributed by atoms with E-state index in [1.54, 1.807) is 0 Å². The number of aromatic nitrogens is 2. The summed E-state index contributed by atoms with van der Waals surface area (Å²) in [7, 11) is 1.98. The zero-order valence-corrected chi connectivity index (χ0v) is 14.1. The predicted octanol–water partition coefficient (Wildman–Crippen LogP) is 2.22. The number of nitrogens with zero attached hydrogens (tertiary/aromatic N) is 4. The number of nitrogens with one attached hydrogen (secondary N) is 1. The van der Waals surface area contributed by atoms with Crippen molar-refractivity contribution in [2.75, 3.05) is 26.2 Å². The van der Waals surface area contributed by atoms with Crippen LogP contribution < -0.4 is 5.32 Å². The summed E-state index contributed by atoms with van der Waals surface area (Å²) in [6, 6.07) is 0. The van der Waals surface area contributed by atoms with Crippen molar-refractivity contribution in [3.8, 4) is 0 Å². The number of aryl methyl sites for hydroxylation is 1. The lowest BCUT2D eigenvalue weighted by Crippen LogP contribution is -2.40. The average molecular weight is 303 g/mol. The molecule has 22 heavy (non-hydrogen) atoms. The van der Waals surface area contributed by atoms with E-state index in [-0.39, 0.29) is 0 Å². The summed E-state index contributed by atoms with van der Waals surface area (Å²) in [5, 5.41) is 7.69. The molecule has 0 saturated carbocycles. The standard InChI is InChI=1S/C17H29N5/c1-4-6-7-9-19-17(18-5-2)22-10-8-15(14-22)11-16-12-20-21(3)13-16/h4,6,12-13,15H,5,7-11,14H2,1-3H3,(H,18,19). The van der Waals surface area contributed by atoms with Gasteiger partial charge in [0.15, 0.2) is 5.96 Å². The molecule has 1 N–H and O–H groups in total. The molecule has 0 aliphatic carbocycles. The topological polar surface area (TPSA) is 45.5 Å². The quantitative estimate of drug-likeness (QED) is 0.379. The van der Waals surface area contributed by atoms with Crippen molar-refractivity contribution < 1.29 is 0 Å². The molecule has 1 fully saturated rings. The number of allylic oxidation sites excluding steroid dienone is 1. The molecule has 1 aliphatic rings. The summed E-state index contributed by atoms with van der Waals surface area (Å²) in [5.74, 6) is 1.77. The Balaban J connectivity index is 1.87. The number of hydrogen-bond donors (Lipinski definition) is 1. The highest BCUT2D eigenvalue weighted by Crippen LogP contribution is 2.20. The normalized spacial score (nSPS) is 19.3. The maximum Gasteiger partial charge on any atom is 0.193 e. The van der Waals surface area contributed by atoms with Crippen LogP contribution in [-0.2, 0) is 13.5 Å². The maximum atomic E-state index is 4.74. The van der Waals surface area contributed by atoms with E-state index < -0.39 is 0 Å². The van der Waals surface area contributed by atoms with Gasteiger partial charge in [-0.05, 0) is 44.6 Å². The number of aliphatic imine (C=N–C) groups is 1. The van der Waals surface area contributed by atoms with Crippen LogP contribution in [0.3, 0.4) is 0 Å². The van der Waals surface area contributed by atoms with E-state index in [1.807, 2.05) is 17.9 Å². The lowest BCUT2D eigenvalue weighted by atomic mass is 10.0. The van der Waals surface area contributed by atoms with Crippen molar-refractivity contribution in [2.24, 2.45) is 18.0 Å². The Kier molecular flexibility index (Phi) is 6.49. The summed E-state index contributed by atoms with van der Waals surface area (Å²) < 4.78 is 1.88. The van der Waals surface area contributed by atoms with Crippen LogP contribution in [-0.4, -0.2) is 46.8 Å². The fourth-order valence-electron chi connectivity index (χ4n) is 2.94. The Morgan fingerprint density at radius 3 is 3.09 bits per heavy atom. The van der Waals surface area contributed by atoms with Crippen molar-refractivity contribution in [3.05, 3.63) is 30.1 Å². The Hall–Kier alpha value is -1.78. The molecule has 2 heterocycles. The van der Waals surface area contributed by atoms with E-state index >= 15 is 0 Å². The Morgan fingerprint density at radius 1 is 1.55 bits per heavy atom. The zero-order chi connectivity index (χ0) is 15.8. The van der Waals surface area contributed by atoms with Gasteiger partial charge in [0, 0.05) is 39.4 Å². The van der Waals surface area contributed by atoms with Gasteiger partial charge in [-0.3, -0.25) is 9.67 Å². The van der Waals surface area contributed by atoms with Gasteiger partial charge in [0.1, 0.15) is 0 Å². The van der Waals surface area contributed by atoms with Crippen LogP contribution >= 0.6 is 0 Å². The number of rotatable bonds is 6. The lowest BCUT2D eigenvalue weighted by Gasteiger charge is -2.21. The molecule has 1 aliphatic heterocycles. The molecule has 0 bridgehead atoms. The van der Waals surface area contributed by atoms with E-state index in [9.17, 15) is 0 Å². The third kappa shape index (κ3) is 4.90. The van der Waals surface area contributed by atoms with Gasteiger partial charge in [-0.2, -0.15) is 5.10 Å². The summed E-state index contributed by atoms with van der Waals surface area (Å²) in [4.78, 5) is 7.15. The van der Waals surface area contributed by atoms with Gasteiger partial charge in [0.25, 0.3) is 0 Å². The van der Waals surface area contributed by atoms with Gasteiger partial charge in [-0.1, -0.05) is 12.2 Å². The van der Waals surface area contributed by atoms with Crippen molar-refractivity contribution in [3.63, 3.8) is 0 Å². The molecule has 1 atom stereocenters. The van der Waals surface area contributed by atoms with E-state index in [1.165, 1.54) is 12.0 Å². The van der Waals surface area contributed by atoms with Crippen LogP contribution in [0.1, 0.15) is 32.3 Å². The number of likely N-dealkylation sites (tertiary alicyclic amines) is 1. The van der Waals surface area contributed by atoms with Crippen LogP contribution in [0.5, 0.6) is 0 Å². The zero-order valence-electron chi connectivity index (χ0n) is 14.1. The molecule has 1 aromatic rings. The van der Waals surface area contributed by atoms with E-state index in [0.29, 0.717) is 5.92 Å². The second-order valence-corrected chi connectivity index (χ2v) is 5.92. The van der Waals surface area contributed by atoms with Gasteiger partial charge in [-0.15, -0.1) is 0 Å². The first-order chi connectivity index (χ1) is 10.7. The minimum atomic E-state index is 0.698. The van der Waals surface area contributed by atoms with Gasteiger partial charge in [0.05, 0.1) is 6.20 Å². The van der Waals surface area contributed by atoms with E-state index in [4.69, 9.17) is 4.99 Å². The molecule has 1 unspecified atom stereocenters. The predicted molar refractivity (Wildman–Crippen MR) is 92.0 cm³/mol. The van der Waals surface area contributed by atoms with Crippen LogP contribution in [0.4, 0.5) is 0 Å². The Labute approximate surface area is 134 Å². The second kappa shape index (κ2) is 8.61. The summed E-state index contributed by atoms with van der Waals surface area (Å²) >= 11 is 0. The summed E-state index contributed by atoms with van der Waals surface area (Å²) in [5.41, 5.74) is 1.34. The number of hydrogen-bond acceptors (Lipinski definition) is 2. The highest BCUT2D eigenvalue weighted by molar-refractivity contribution is 5.80. The molecule has 0 radical (unpaired) electrons. The van der Waals surface area contributed by atoms with Crippen LogP contribution in [0.2, 0.25) is 0 Å².